The first-order valence-electron chi connectivity index (χ1n) is 12.0. The number of morpholine rings is 1. The minimum atomic E-state index is 0. The number of halogens is 1. The number of ether oxygens (including phenoxy) is 2. The molecule has 1 atom stereocenters. The summed E-state index contributed by atoms with van der Waals surface area (Å²) in [7, 11) is 1.71. The van der Waals surface area contributed by atoms with Crippen molar-refractivity contribution >= 4 is 29.9 Å². The molecular formula is C24H42IN5O2. The van der Waals surface area contributed by atoms with Gasteiger partial charge in [0.05, 0.1) is 32.9 Å². The topological polar surface area (TPSA) is 61.4 Å². The van der Waals surface area contributed by atoms with Crippen molar-refractivity contribution < 1.29 is 9.47 Å². The van der Waals surface area contributed by atoms with Crippen LogP contribution in [0.4, 0.5) is 0 Å². The molecule has 0 spiro atoms. The van der Waals surface area contributed by atoms with E-state index in [0.717, 1.165) is 83.7 Å². The molecule has 182 valence electrons. The van der Waals surface area contributed by atoms with E-state index < -0.39 is 0 Å². The number of aliphatic imine (C=N–C) groups is 1. The third-order valence-electron chi connectivity index (χ3n) is 6.15. The first-order chi connectivity index (χ1) is 15.3. The molecule has 3 rings (SSSR count). The first-order valence-corrected chi connectivity index (χ1v) is 12.0. The predicted octanol–water partition coefficient (Wildman–Crippen LogP) is 3.12. The zero-order valence-electron chi connectivity index (χ0n) is 19.9. The summed E-state index contributed by atoms with van der Waals surface area (Å²) in [4.78, 5) is 10.0. The molecule has 1 aromatic rings. The lowest BCUT2D eigenvalue weighted by atomic mass is 10.1. The number of unbranched alkanes of at least 4 members (excludes halogenated alkanes) is 1. The highest BCUT2D eigenvalue weighted by atomic mass is 127. The average Bonchev–Trinajstić information content (AvgIpc) is 3.34. The number of benzene rings is 1. The number of methoxy groups -OCH3 is 1. The molecule has 0 radical (unpaired) electrons. The number of nitrogens with one attached hydrogen (secondary N) is 2. The molecule has 1 unspecified atom stereocenters. The molecule has 32 heavy (non-hydrogen) atoms. The fourth-order valence-electron chi connectivity index (χ4n) is 4.32. The molecule has 8 heteroatoms. The zero-order chi connectivity index (χ0) is 21.7. The number of likely N-dealkylation sites (tertiary alicyclic amines) is 1. The Hall–Kier alpha value is -1.10. The minimum Gasteiger partial charge on any atom is -0.497 e. The number of rotatable bonds is 11. The molecule has 2 saturated heterocycles. The van der Waals surface area contributed by atoms with Crippen LogP contribution in [0.3, 0.4) is 0 Å². The van der Waals surface area contributed by atoms with E-state index >= 15 is 0 Å². The second-order valence-corrected chi connectivity index (χ2v) is 8.34. The van der Waals surface area contributed by atoms with E-state index in [0.29, 0.717) is 6.04 Å². The highest BCUT2D eigenvalue weighted by Gasteiger charge is 2.23. The van der Waals surface area contributed by atoms with Crippen molar-refractivity contribution in [1.82, 2.24) is 20.4 Å². The van der Waals surface area contributed by atoms with Gasteiger partial charge in [0.25, 0.3) is 0 Å². The Morgan fingerprint density at radius 3 is 2.44 bits per heavy atom. The van der Waals surface area contributed by atoms with Crippen molar-refractivity contribution in [3.63, 3.8) is 0 Å². The van der Waals surface area contributed by atoms with Crippen LogP contribution in [-0.4, -0.2) is 88.4 Å². The third-order valence-corrected chi connectivity index (χ3v) is 6.15. The van der Waals surface area contributed by atoms with Gasteiger partial charge in [-0.3, -0.25) is 14.8 Å². The summed E-state index contributed by atoms with van der Waals surface area (Å²) < 4.78 is 10.8. The van der Waals surface area contributed by atoms with Gasteiger partial charge < -0.3 is 20.1 Å². The van der Waals surface area contributed by atoms with Crippen LogP contribution in [0.25, 0.3) is 0 Å². The Balaban J connectivity index is 0.00000363. The second-order valence-electron chi connectivity index (χ2n) is 8.34. The minimum absolute atomic E-state index is 0. The van der Waals surface area contributed by atoms with Crippen LogP contribution in [0, 0.1) is 0 Å². The highest BCUT2D eigenvalue weighted by molar-refractivity contribution is 14.0. The average molecular weight is 560 g/mol. The first kappa shape index (κ1) is 27.1. The van der Waals surface area contributed by atoms with Crippen molar-refractivity contribution in [3.05, 3.63) is 29.8 Å². The number of hydrogen-bond acceptors (Lipinski definition) is 5. The van der Waals surface area contributed by atoms with Crippen molar-refractivity contribution in [2.24, 2.45) is 4.99 Å². The second kappa shape index (κ2) is 15.7. The molecule has 7 nitrogen and oxygen atoms in total. The molecule has 2 N–H and O–H groups in total. The van der Waals surface area contributed by atoms with Crippen LogP contribution in [0.2, 0.25) is 0 Å². The Bertz CT molecular complexity index is 646. The van der Waals surface area contributed by atoms with Crippen LogP contribution >= 0.6 is 24.0 Å². The van der Waals surface area contributed by atoms with Crippen LogP contribution in [0.1, 0.15) is 44.2 Å². The van der Waals surface area contributed by atoms with Crippen LogP contribution < -0.4 is 15.4 Å². The molecule has 0 aromatic heterocycles. The van der Waals surface area contributed by atoms with Crippen molar-refractivity contribution in [2.45, 2.75) is 38.6 Å². The van der Waals surface area contributed by atoms with Gasteiger partial charge in [-0.2, -0.15) is 0 Å². The molecule has 2 heterocycles. The maximum Gasteiger partial charge on any atom is 0.191 e. The Morgan fingerprint density at radius 2 is 1.78 bits per heavy atom. The van der Waals surface area contributed by atoms with E-state index in [2.05, 4.69) is 51.6 Å². The molecule has 0 aliphatic carbocycles. The SMILES string of the molecule is CCNC(=NCC(c1ccc(OC)cc1)N1CCCC1)NCCCCN1CCOCC1.I. The molecule has 0 amide bonds. The molecule has 0 bridgehead atoms. The number of guanidine groups is 1. The van der Waals surface area contributed by atoms with Gasteiger partial charge in [0.15, 0.2) is 5.96 Å². The van der Waals surface area contributed by atoms with Crippen LogP contribution in [0.5, 0.6) is 5.75 Å². The summed E-state index contributed by atoms with van der Waals surface area (Å²) in [5.74, 6) is 1.83. The summed E-state index contributed by atoms with van der Waals surface area (Å²) in [6.07, 6.45) is 4.90. The van der Waals surface area contributed by atoms with E-state index in [-0.39, 0.29) is 24.0 Å². The lowest BCUT2D eigenvalue weighted by Crippen LogP contribution is -2.39. The molecule has 2 fully saturated rings. The largest absolute Gasteiger partial charge is 0.497 e. The fraction of sp³-hybridized carbons (Fsp3) is 0.708. The van der Waals surface area contributed by atoms with Gasteiger partial charge in [-0.25, -0.2) is 0 Å². The van der Waals surface area contributed by atoms with E-state index in [1.54, 1.807) is 7.11 Å². The van der Waals surface area contributed by atoms with Crippen LogP contribution in [0.15, 0.2) is 29.3 Å². The van der Waals surface area contributed by atoms with Crippen molar-refractivity contribution in [2.75, 3.05) is 72.7 Å². The van der Waals surface area contributed by atoms with Crippen LogP contribution in [-0.2, 0) is 4.74 Å². The van der Waals surface area contributed by atoms with Crippen molar-refractivity contribution in [1.29, 1.82) is 0 Å². The summed E-state index contributed by atoms with van der Waals surface area (Å²) in [5.41, 5.74) is 1.31. The van der Waals surface area contributed by atoms with E-state index in [1.165, 1.54) is 24.8 Å². The van der Waals surface area contributed by atoms with Gasteiger partial charge in [0, 0.05) is 26.2 Å². The van der Waals surface area contributed by atoms with Gasteiger partial charge in [-0.05, 0) is 69.9 Å². The zero-order valence-corrected chi connectivity index (χ0v) is 22.2. The normalized spacial score (nSPS) is 18.8. The number of nitrogens with zero attached hydrogens (tertiary/aromatic N) is 3. The standard InChI is InChI=1S/C24H41N5O2.HI/c1-3-25-24(26-12-4-5-13-28-16-18-31-19-17-28)27-20-23(29-14-6-7-15-29)21-8-10-22(30-2)11-9-21;/h8-11,23H,3-7,12-20H2,1-2H3,(H2,25,26,27);1H. The maximum atomic E-state index is 5.42. The quantitative estimate of drug-likeness (QED) is 0.188. The third kappa shape index (κ3) is 9.03. The Labute approximate surface area is 211 Å². The monoisotopic (exact) mass is 559 g/mol. The molecule has 2 aliphatic heterocycles. The van der Waals surface area contributed by atoms with E-state index in [9.17, 15) is 0 Å². The van der Waals surface area contributed by atoms with E-state index in [1.807, 2.05) is 0 Å². The Kier molecular flexibility index (Phi) is 13.3. The Morgan fingerprint density at radius 1 is 1.06 bits per heavy atom. The van der Waals surface area contributed by atoms with Gasteiger partial charge in [0.2, 0.25) is 0 Å². The molecule has 2 aliphatic rings. The van der Waals surface area contributed by atoms with Gasteiger partial charge >= 0.3 is 0 Å². The lowest BCUT2D eigenvalue weighted by molar-refractivity contribution is 0.0372. The smallest absolute Gasteiger partial charge is 0.191 e. The predicted molar refractivity (Wildman–Crippen MR) is 142 cm³/mol. The lowest BCUT2D eigenvalue weighted by Gasteiger charge is -2.27. The summed E-state index contributed by atoms with van der Waals surface area (Å²) in [5, 5.41) is 6.94. The highest BCUT2D eigenvalue weighted by Crippen LogP contribution is 2.27. The molecule has 1 aromatic carbocycles. The number of hydrogen-bond donors (Lipinski definition) is 2. The van der Waals surface area contributed by atoms with Gasteiger partial charge in [-0.15, -0.1) is 24.0 Å². The fourth-order valence-corrected chi connectivity index (χ4v) is 4.32. The maximum absolute atomic E-state index is 5.42. The van der Waals surface area contributed by atoms with Crippen molar-refractivity contribution in [3.8, 4) is 5.75 Å². The summed E-state index contributed by atoms with van der Waals surface area (Å²) >= 11 is 0. The summed E-state index contributed by atoms with van der Waals surface area (Å²) in [6.45, 7) is 12.1. The summed E-state index contributed by atoms with van der Waals surface area (Å²) in [6, 6.07) is 8.79. The van der Waals surface area contributed by atoms with Gasteiger partial charge in [-0.1, -0.05) is 12.1 Å². The molecular weight excluding hydrogens is 517 g/mol. The van der Waals surface area contributed by atoms with Gasteiger partial charge in [0.1, 0.15) is 5.75 Å². The molecule has 0 saturated carbocycles. The van der Waals surface area contributed by atoms with E-state index in [4.69, 9.17) is 14.5 Å².